The van der Waals surface area contributed by atoms with Crippen molar-refractivity contribution in [2.24, 2.45) is 0 Å². The zero-order chi connectivity index (χ0) is 26.3. The first-order valence-electron chi connectivity index (χ1n) is 11.4. The Kier molecular flexibility index (Phi) is 6.46. The smallest absolute Gasteiger partial charge is 0.277 e. The van der Waals surface area contributed by atoms with Crippen LogP contribution in [0.2, 0.25) is 5.02 Å². The summed E-state index contributed by atoms with van der Waals surface area (Å²) in [7, 11) is 0. The maximum Gasteiger partial charge on any atom is 0.277 e. The predicted molar refractivity (Wildman–Crippen MR) is 130 cm³/mol. The van der Waals surface area contributed by atoms with Crippen molar-refractivity contribution < 1.29 is 18.3 Å². The van der Waals surface area contributed by atoms with Gasteiger partial charge in [-0.2, -0.15) is 5.10 Å². The predicted octanol–water partition coefficient (Wildman–Crippen LogP) is 3.83. The number of hydrogen-bond acceptors (Lipinski definition) is 6. The summed E-state index contributed by atoms with van der Waals surface area (Å²) in [6.07, 6.45) is 6.01. The molecule has 1 N–H and O–H groups in total. The number of aryl methyl sites for hydroxylation is 2. The lowest BCUT2D eigenvalue weighted by atomic mass is 10.2. The van der Waals surface area contributed by atoms with Crippen molar-refractivity contribution in [3.8, 4) is 17.3 Å². The van der Waals surface area contributed by atoms with E-state index >= 15 is 0 Å². The molecule has 5 rings (SSSR count). The molecule has 0 atom stereocenters. The molecule has 1 fully saturated rings. The van der Waals surface area contributed by atoms with Gasteiger partial charge in [-0.25, -0.2) is 18.4 Å². The minimum atomic E-state index is -0.868. The minimum absolute atomic E-state index is 0.0382. The molecule has 0 aliphatic heterocycles. The van der Waals surface area contributed by atoms with Crippen LogP contribution in [0.5, 0.6) is 5.75 Å². The summed E-state index contributed by atoms with van der Waals surface area (Å²) in [6, 6.07) is 5.70. The van der Waals surface area contributed by atoms with E-state index in [0.717, 1.165) is 19.0 Å². The number of carbonyl (C=O) groups is 1. The van der Waals surface area contributed by atoms with Crippen LogP contribution in [0.1, 0.15) is 40.3 Å². The third kappa shape index (κ3) is 5.08. The molecule has 4 aromatic heterocycles. The number of carbonyl (C=O) groups excluding carboxylic acids is 1. The molecule has 4 heterocycles. The average Bonchev–Trinajstić information content (AvgIpc) is 3.53. The number of ether oxygens (including phenoxy) is 1. The number of aromatic nitrogens is 5. The highest BCUT2D eigenvalue weighted by Gasteiger charge is 2.25. The number of pyridine rings is 3. The molecule has 1 amide bonds. The Labute approximate surface area is 214 Å². The number of hydrogen-bond donors (Lipinski definition) is 1. The number of nitrogens with one attached hydrogen (secondary N) is 1. The quantitative estimate of drug-likeness (QED) is 0.392. The lowest BCUT2D eigenvalue weighted by Gasteiger charge is -2.16. The third-order valence-electron chi connectivity index (χ3n) is 5.82. The van der Waals surface area contributed by atoms with Gasteiger partial charge in [-0.15, -0.1) is 0 Å². The van der Waals surface area contributed by atoms with Crippen LogP contribution in [0.15, 0.2) is 47.7 Å². The molecule has 0 saturated heterocycles. The van der Waals surface area contributed by atoms with Gasteiger partial charge in [-0.1, -0.05) is 11.6 Å². The molecule has 190 valence electrons. The fraction of sp³-hybridized carbons (Fsp3) is 0.240. The molecular formula is C25H21ClF2N6O3. The van der Waals surface area contributed by atoms with Crippen LogP contribution >= 0.6 is 11.6 Å². The minimum Gasteiger partial charge on any atom is -0.485 e. The largest absolute Gasteiger partial charge is 0.485 e. The molecule has 0 unspecified atom stereocenters. The Morgan fingerprint density at radius 3 is 2.70 bits per heavy atom. The first-order chi connectivity index (χ1) is 17.7. The van der Waals surface area contributed by atoms with Crippen molar-refractivity contribution in [1.82, 2.24) is 29.6 Å². The maximum atomic E-state index is 13.9. The summed E-state index contributed by atoms with van der Waals surface area (Å²) in [4.78, 5) is 33.6. The van der Waals surface area contributed by atoms with E-state index in [1.807, 2.05) is 0 Å². The summed E-state index contributed by atoms with van der Waals surface area (Å²) in [5.74, 6) is -1.49. The molecule has 4 aromatic rings. The van der Waals surface area contributed by atoms with Crippen LogP contribution in [-0.4, -0.2) is 36.3 Å². The van der Waals surface area contributed by atoms with Crippen molar-refractivity contribution in [2.75, 3.05) is 0 Å². The summed E-state index contributed by atoms with van der Waals surface area (Å²) >= 11 is 6.34. The Morgan fingerprint density at radius 1 is 1.19 bits per heavy atom. The second-order valence-corrected chi connectivity index (χ2v) is 9.08. The highest BCUT2D eigenvalue weighted by molar-refractivity contribution is 6.31. The second kappa shape index (κ2) is 9.74. The van der Waals surface area contributed by atoms with E-state index in [4.69, 9.17) is 16.3 Å². The summed E-state index contributed by atoms with van der Waals surface area (Å²) in [5.41, 5.74) is 1.26. The highest BCUT2D eigenvalue weighted by atomic mass is 35.5. The topological polar surface area (TPSA) is 104 Å². The van der Waals surface area contributed by atoms with Crippen LogP contribution < -0.4 is 15.6 Å². The lowest BCUT2D eigenvalue weighted by Crippen LogP contribution is -2.26. The Morgan fingerprint density at radius 2 is 1.97 bits per heavy atom. The van der Waals surface area contributed by atoms with Crippen molar-refractivity contribution in [2.45, 2.75) is 39.3 Å². The molecule has 0 radical (unpaired) electrons. The Hall–Kier alpha value is -4.12. The molecule has 12 heteroatoms. The maximum absolute atomic E-state index is 13.9. The van der Waals surface area contributed by atoms with E-state index in [9.17, 15) is 18.4 Å². The van der Waals surface area contributed by atoms with Crippen molar-refractivity contribution in [1.29, 1.82) is 0 Å². The zero-order valence-electron chi connectivity index (χ0n) is 19.8. The number of rotatable bonds is 7. The summed E-state index contributed by atoms with van der Waals surface area (Å²) in [5, 5.41) is 6.98. The van der Waals surface area contributed by atoms with Gasteiger partial charge >= 0.3 is 0 Å². The molecule has 37 heavy (non-hydrogen) atoms. The number of nitrogens with zero attached hydrogens (tertiary/aromatic N) is 5. The summed E-state index contributed by atoms with van der Waals surface area (Å²) < 4.78 is 35.4. The molecular weight excluding hydrogens is 506 g/mol. The number of halogens is 3. The highest BCUT2D eigenvalue weighted by Crippen LogP contribution is 2.26. The average molecular weight is 527 g/mol. The lowest BCUT2D eigenvalue weighted by molar-refractivity contribution is 0.0945. The van der Waals surface area contributed by atoms with E-state index in [1.165, 1.54) is 9.25 Å². The molecule has 0 spiro atoms. The second-order valence-electron chi connectivity index (χ2n) is 8.70. The van der Waals surface area contributed by atoms with Crippen LogP contribution in [0.3, 0.4) is 0 Å². The molecule has 1 aliphatic carbocycles. The number of amides is 1. The van der Waals surface area contributed by atoms with Gasteiger partial charge in [0.1, 0.15) is 28.9 Å². The van der Waals surface area contributed by atoms with Gasteiger partial charge in [-0.05, 0) is 38.3 Å². The van der Waals surface area contributed by atoms with Crippen molar-refractivity contribution in [3.05, 3.63) is 92.5 Å². The fourth-order valence-electron chi connectivity index (χ4n) is 3.71. The first kappa shape index (κ1) is 24.6. The Balaban J connectivity index is 1.44. The van der Waals surface area contributed by atoms with Crippen LogP contribution in [0.4, 0.5) is 8.78 Å². The molecule has 0 bridgehead atoms. The first-order valence-corrected chi connectivity index (χ1v) is 11.8. The molecule has 1 saturated carbocycles. The fourth-order valence-corrected chi connectivity index (χ4v) is 3.90. The van der Waals surface area contributed by atoms with E-state index in [1.54, 1.807) is 44.4 Å². The van der Waals surface area contributed by atoms with Gasteiger partial charge in [0.2, 0.25) is 0 Å². The van der Waals surface area contributed by atoms with Gasteiger partial charge in [0.15, 0.2) is 17.3 Å². The monoisotopic (exact) mass is 526 g/mol. The van der Waals surface area contributed by atoms with E-state index < -0.39 is 17.2 Å². The van der Waals surface area contributed by atoms with E-state index in [2.05, 4.69) is 20.4 Å². The van der Waals surface area contributed by atoms with Crippen LogP contribution in [0.25, 0.3) is 11.5 Å². The standard InChI is InChI=1S/C25H21ClF2N6O3/c1-13-10-30-22(33-6-5-18(32-33)24(35)31-16-3-4-16)9-20(13)34-14(2)7-21(23(26)25(34)36)37-12-19-17(28)8-15(27)11-29-19/h5-11,16H,3-4,12H2,1-2H3,(H,31,35). The van der Waals surface area contributed by atoms with Gasteiger partial charge in [0, 0.05) is 42.3 Å². The molecule has 0 aromatic carbocycles. The van der Waals surface area contributed by atoms with Crippen molar-refractivity contribution in [3.63, 3.8) is 0 Å². The van der Waals surface area contributed by atoms with Gasteiger partial charge < -0.3 is 10.1 Å². The van der Waals surface area contributed by atoms with E-state index in [0.29, 0.717) is 28.8 Å². The van der Waals surface area contributed by atoms with Crippen molar-refractivity contribution >= 4 is 17.5 Å². The zero-order valence-corrected chi connectivity index (χ0v) is 20.6. The van der Waals surface area contributed by atoms with Gasteiger partial charge in [-0.3, -0.25) is 19.1 Å². The summed E-state index contributed by atoms with van der Waals surface area (Å²) in [6.45, 7) is 3.13. The van der Waals surface area contributed by atoms with E-state index in [-0.39, 0.29) is 40.7 Å². The third-order valence-corrected chi connectivity index (χ3v) is 6.17. The molecule has 9 nitrogen and oxygen atoms in total. The van der Waals surface area contributed by atoms with Gasteiger partial charge in [0.05, 0.1) is 11.9 Å². The van der Waals surface area contributed by atoms with Gasteiger partial charge in [0.25, 0.3) is 11.5 Å². The molecule has 1 aliphatic rings. The van der Waals surface area contributed by atoms with Crippen LogP contribution in [0, 0.1) is 25.5 Å². The van der Waals surface area contributed by atoms with Crippen LogP contribution in [-0.2, 0) is 6.61 Å². The normalized spacial score (nSPS) is 13.0. The Bertz CT molecular complexity index is 1580. The SMILES string of the molecule is Cc1cnc(-n2ccc(C(=O)NC3CC3)n2)cc1-n1c(C)cc(OCc2ncc(F)cc2F)c(Cl)c1=O.